The van der Waals surface area contributed by atoms with E-state index in [1.165, 1.54) is 26.4 Å². The molecule has 25 heavy (non-hydrogen) atoms. The van der Waals surface area contributed by atoms with Crippen LogP contribution in [0, 0.1) is 0 Å². The second kappa shape index (κ2) is 9.76. The molecule has 0 aliphatic heterocycles. The maximum absolute atomic E-state index is 11.5. The van der Waals surface area contributed by atoms with E-state index in [0.717, 1.165) is 5.56 Å². The summed E-state index contributed by atoms with van der Waals surface area (Å²) in [4.78, 5) is 11.5. The van der Waals surface area contributed by atoms with E-state index in [1.807, 2.05) is 30.3 Å². The van der Waals surface area contributed by atoms with Gasteiger partial charge in [-0.2, -0.15) is 0 Å². The summed E-state index contributed by atoms with van der Waals surface area (Å²) in [6.45, 7) is 0.172. The summed E-state index contributed by atoms with van der Waals surface area (Å²) in [5, 5.41) is 9.41. The fourth-order valence-corrected chi connectivity index (χ4v) is 2.34. The van der Waals surface area contributed by atoms with Crippen LogP contribution in [0.15, 0.2) is 42.5 Å². The number of methoxy groups -OCH3 is 2. The van der Waals surface area contributed by atoms with Crippen LogP contribution in [-0.2, 0) is 6.42 Å². The van der Waals surface area contributed by atoms with Crippen LogP contribution >= 0.6 is 12.4 Å². The molecule has 0 amide bonds. The van der Waals surface area contributed by atoms with Gasteiger partial charge in [-0.3, -0.25) is 0 Å². The summed E-state index contributed by atoms with van der Waals surface area (Å²) < 4.78 is 15.9. The zero-order valence-electron chi connectivity index (χ0n) is 14.1. The van der Waals surface area contributed by atoms with Crippen molar-refractivity contribution < 1.29 is 24.1 Å². The molecular weight excluding hydrogens is 346 g/mol. The van der Waals surface area contributed by atoms with Gasteiger partial charge in [-0.25, -0.2) is 4.79 Å². The van der Waals surface area contributed by atoms with Gasteiger partial charge in [0, 0.05) is 18.2 Å². The zero-order valence-corrected chi connectivity index (χ0v) is 14.9. The van der Waals surface area contributed by atoms with Crippen LogP contribution in [0.4, 0.5) is 0 Å². The number of carboxylic acid groups (broad SMARTS) is 1. The van der Waals surface area contributed by atoms with Gasteiger partial charge in [0.05, 0.1) is 14.2 Å². The molecule has 2 aromatic carbocycles. The number of halogens is 1. The third-order valence-corrected chi connectivity index (χ3v) is 3.50. The predicted octanol–water partition coefficient (Wildman–Crippen LogP) is 2.77. The van der Waals surface area contributed by atoms with E-state index < -0.39 is 5.97 Å². The van der Waals surface area contributed by atoms with Crippen molar-refractivity contribution in [2.45, 2.75) is 12.5 Å². The molecule has 1 unspecified atom stereocenters. The van der Waals surface area contributed by atoms with Gasteiger partial charge < -0.3 is 25.1 Å². The number of ether oxygens (including phenoxy) is 3. The molecule has 2 rings (SSSR count). The van der Waals surface area contributed by atoms with Crippen molar-refractivity contribution in [2.24, 2.45) is 5.73 Å². The second-order valence-electron chi connectivity index (χ2n) is 5.27. The number of hydrogen-bond donors (Lipinski definition) is 2. The van der Waals surface area contributed by atoms with Crippen LogP contribution in [0.3, 0.4) is 0 Å². The lowest BCUT2D eigenvalue weighted by atomic mass is 10.1. The molecule has 0 aliphatic carbocycles. The Balaban J connectivity index is 0.00000312. The summed E-state index contributed by atoms with van der Waals surface area (Å²) in [6.07, 6.45) is 0.629. The lowest BCUT2D eigenvalue weighted by molar-refractivity contribution is 0.0688. The van der Waals surface area contributed by atoms with E-state index in [0.29, 0.717) is 12.2 Å². The SMILES string of the molecule is COc1cc(OC)c(C(=O)O)c(OCC(N)Cc2ccccc2)c1.Cl. The molecule has 0 heterocycles. The average Bonchev–Trinajstić information content (AvgIpc) is 2.59. The molecule has 0 fully saturated rings. The van der Waals surface area contributed by atoms with Gasteiger partial charge >= 0.3 is 5.97 Å². The third-order valence-electron chi connectivity index (χ3n) is 3.50. The maximum atomic E-state index is 11.5. The molecule has 0 bridgehead atoms. The number of carboxylic acids is 1. The highest BCUT2D eigenvalue weighted by Gasteiger charge is 2.20. The maximum Gasteiger partial charge on any atom is 0.343 e. The van der Waals surface area contributed by atoms with Crippen molar-refractivity contribution in [3.8, 4) is 17.2 Å². The van der Waals surface area contributed by atoms with E-state index in [-0.39, 0.29) is 42.1 Å². The minimum Gasteiger partial charge on any atom is -0.496 e. The Morgan fingerprint density at radius 1 is 1.12 bits per heavy atom. The summed E-state index contributed by atoms with van der Waals surface area (Å²) >= 11 is 0. The van der Waals surface area contributed by atoms with Gasteiger partial charge in [0.15, 0.2) is 0 Å². The third kappa shape index (κ3) is 5.55. The van der Waals surface area contributed by atoms with Gasteiger partial charge in [0.2, 0.25) is 0 Å². The van der Waals surface area contributed by atoms with Crippen LogP contribution in [0.2, 0.25) is 0 Å². The van der Waals surface area contributed by atoms with Gasteiger partial charge in [-0.1, -0.05) is 30.3 Å². The Labute approximate surface area is 152 Å². The lowest BCUT2D eigenvalue weighted by Gasteiger charge is -2.17. The average molecular weight is 368 g/mol. The number of rotatable bonds is 8. The van der Waals surface area contributed by atoms with Gasteiger partial charge in [-0.15, -0.1) is 12.4 Å². The first-order chi connectivity index (χ1) is 11.5. The number of benzene rings is 2. The molecule has 0 saturated carbocycles. The Morgan fingerprint density at radius 2 is 1.76 bits per heavy atom. The van der Waals surface area contributed by atoms with Crippen LogP contribution < -0.4 is 19.9 Å². The van der Waals surface area contributed by atoms with Crippen LogP contribution in [0.1, 0.15) is 15.9 Å². The molecule has 6 nitrogen and oxygen atoms in total. The van der Waals surface area contributed by atoms with Crippen molar-refractivity contribution in [1.29, 1.82) is 0 Å². The normalized spacial score (nSPS) is 11.2. The van der Waals surface area contributed by atoms with E-state index in [9.17, 15) is 9.90 Å². The molecule has 136 valence electrons. The highest BCUT2D eigenvalue weighted by Crippen LogP contribution is 2.34. The van der Waals surface area contributed by atoms with Crippen molar-refractivity contribution in [1.82, 2.24) is 0 Å². The van der Waals surface area contributed by atoms with Crippen molar-refractivity contribution in [3.05, 3.63) is 53.6 Å². The molecule has 0 saturated heterocycles. The first-order valence-electron chi connectivity index (χ1n) is 7.46. The first-order valence-corrected chi connectivity index (χ1v) is 7.46. The fourth-order valence-electron chi connectivity index (χ4n) is 2.34. The Kier molecular flexibility index (Phi) is 8.04. The van der Waals surface area contributed by atoms with Gasteiger partial charge in [0.25, 0.3) is 0 Å². The Hall–Kier alpha value is -2.44. The van der Waals surface area contributed by atoms with Crippen molar-refractivity contribution >= 4 is 18.4 Å². The predicted molar refractivity (Wildman–Crippen MR) is 97.4 cm³/mol. The van der Waals surface area contributed by atoms with Gasteiger partial charge in [-0.05, 0) is 12.0 Å². The fraction of sp³-hybridized carbons (Fsp3) is 0.278. The molecule has 0 radical (unpaired) electrons. The molecular formula is C18H22ClNO5. The highest BCUT2D eigenvalue weighted by atomic mass is 35.5. The molecule has 1 atom stereocenters. The van der Waals surface area contributed by atoms with Crippen molar-refractivity contribution in [2.75, 3.05) is 20.8 Å². The molecule has 0 aliphatic rings. The van der Waals surface area contributed by atoms with Crippen LogP contribution in [0.5, 0.6) is 17.2 Å². The number of nitrogens with two attached hydrogens (primary N) is 1. The monoisotopic (exact) mass is 367 g/mol. The zero-order chi connectivity index (χ0) is 17.5. The van der Waals surface area contributed by atoms with Gasteiger partial charge in [0.1, 0.15) is 29.4 Å². The largest absolute Gasteiger partial charge is 0.496 e. The van der Waals surface area contributed by atoms with E-state index in [2.05, 4.69) is 0 Å². The molecule has 0 aromatic heterocycles. The summed E-state index contributed by atoms with van der Waals surface area (Å²) in [7, 11) is 2.88. The molecule has 0 spiro atoms. The number of carbonyl (C=O) groups is 1. The van der Waals surface area contributed by atoms with Crippen molar-refractivity contribution in [3.63, 3.8) is 0 Å². The van der Waals surface area contributed by atoms with Crippen LogP contribution in [-0.4, -0.2) is 37.9 Å². The number of hydrogen-bond acceptors (Lipinski definition) is 5. The summed E-state index contributed by atoms with van der Waals surface area (Å²) in [5.74, 6) is -0.347. The number of aromatic carboxylic acids is 1. The smallest absolute Gasteiger partial charge is 0.343 e. The Bertz CT molecular complexity index is 693. The Morgan fingerprint density at radius 3 is 2.32 bits per heavy atom. The minimum atomic E-state index is -1.14. The quantitative estimate of drug-likeness (QED) is 0.745. The standard InChI is InChI=1S/C18H21NO5.ClH/c1-22-14-9-15(23-2)17(18(20)21)16(10-14)24-11-13(19)8-12-6-4-3-5-7-12;/h3-7,9-10,13H,8,11,19H2,1-2H3,(H,20,21);1H. The highest BCUT2D eigenvalue weighted by molar-refractivity contribution is 5.94. The molecule has 2 aromatic rings. The second-order valence-corrected chi connectivity index (χ2v) is 5.27. The van der Waals surface area contributed by atoms with E-state index in [4.69, 9.17) is 19.9 Å². The minimum absolute atomic E-state index is 0. The van der Waals surface area contributed by atoms with E-state index >= 15 is 0 Å². The lowest BCUT2D eigenvalue weighted by Crippen LogP contribution is -2.30. The topological polar surface area (TPSA) is 91.0 Å². The first kappa shape index (κ1) is 20.6. The molecule has 7 heteroatoms. The van der Waals surface area contributed by atoms with E-state index in [1.54, 1.807) is 0 Å². The summed E-state index contributed by atoms with van der Waals surface area (Å²) in [6, 6.07) is 12.5. The summed E-state index contributed by atoms with van der Waals surface area (Å²) in [5.41, 5.74) is 7.13. The van der Waals surface area contributed by atoms with Crippen LogP contribution in [0.25, 0.3) is 0 Å². The molecule has 3 N–H and O–H groups in total.